The first-order chi connectivity index (χ1) is 12.7. The predicted molar refractivity (Wildman–Crippen MR) is 106 cm³/mol. The van der Waals surface area contributed by atoms with Crippen molar-refractivity contribution in [3.05, 3.63) is 73.7 Å². The van der Waals surface area contributed by atoms with Gasteiger partial charge in [0.15, 0.2) is 5.82 Å². The van der Waals surface area contributed by atoms with Gasteiger partial charge < -0.3 is 4.74 Å². The number of aryl methyl sites for hydroxylation is 1. The molecule has 26 heavy (non-hydrogen) atoms. The largest absolute Gasteiger partial charge is 0.490 e. The van der Waals surface area contributed by atoms with Gasteiger partial charge in [-0.15, -0.1) is 16.4 Å². The van der Waals surface area contributed by atoms with Gasteiger partial charge in [0, 0.05) is 10.4 Å². The first-order valence-electron chi connectivity index (χ1n) is 7.95. The topological polar surface area (TPSA) is 56.5 Å². The van der Waals surface area contributed by atoms with E-state index in [4.69, 9.17) is 4.74 Å². The number of benzene rings is 1. The summed E-state index contributed by atoms with van der Waals surface area (Å²) in [6, 6.07) is 9.50. The van der Waals surface area contributed by atoms with E-state index in [1.807, 2.05) is 48.7 Å². The molecular formula is C19H15N3O2S2. The van der Waals surface area contributed by atoms with Crippen LogP contribution in [0.5, 0.6) is 5.75 Å². The number of thiazole rings is 1. The smallest absolute Gasteiger partial charge is 0.291 e. The summed E-state index contributed by atoms with van der Waals surface area (Å²) in [5, 5.41) is 6.39. The maximum Gasteiger partial charge on any atom is 0.291 e. The lowest BCUT2D eigenvalue weighted by Gasteiger charge is -2.02. The molecule has 0 aliphatic carbocycles. The van der Waals surface area contributed by atoms with Gasteiger partial charge in [-0.3, -0.25) is 4.79 Å². The Bertz CT molecular complexity index is 1190. The molecule has 7 heteroatoms. The molecule has 0 unspecified atom stereocenters. The Labute approximate surface area is 157 Å². The molecule has 4 aromatic rings. The second-order valence-corrected chi connectivity index (χ2v) is 7.59. The Hall–Kier alpha value is -2.77. The van der Waals surface area contributed by atoms with Crippen LogP contribution in [0.25, 0.3) is 22.4 Å². The van der Waals surface area contributed by atoms with Crippen molar-refractivity contribution in [2.24, 2.45) is 0 Å². The molecule has 0 bridgehead atoms. The Balaban J connectivity index is 1.69. The van der Waals surface area contributed by atoms with Crippen LogP contribution in [-0.2, 0) is 0 Å². The number of nitrogens with zero attached hydrogens (tertiary/aromatic N) is 3. The van der Waals surface area contributed by atoms with Crippen LogP contribution in [-0.4, -0.2) is 21.2 Å². The van der Waals surface area contributed by atoms with Crippen LogP contribution >= 0.6 is 22.7 Å². The fourth-order valence-electron chi connectivity index (χ4n) is 2.46. The molecule has 0 N–H and O–H groups in total. The average Bonchev–Trinajstić information content (AvgIpc) is 3.32. The van der Waals surface area contributed by atoms with Gasteiger partial charge in [0.2, 0.25) is 4.96 Å². The third-order valence-corrected chi connectivity index (χ3v) is 5.75. The summed E-state index contributed by atoms with van der Waals surface area (Å²) >= 11 is 2.97. The predicted octanol–water partition coefficient (Wildman–Crippen LogP) is 3.30. The number of hydrogen-bond donors (Lipinski definition) is 0. The summed E-state index contributed by atoms with van der Waals surface area (Å²) in [7, 11) is 0. The van der Waals surface area contributed by atoms with Gasteiger partial charge in [0.05, 0.1) is 4.53 Å². The standard InChI is InChI=1S/C19H15N3O2S2/c1-3-9-24-14-6-4-13(5-7-14)17-20-19-22(21-17)18(23)16(26-19)11-15-12(2)8-10-25-15/h3-8,10-11H,1,9H2,2H3/b16-11-. The second-order valence-electron chi connectivity index (χ2n) is 5.64. The van der Waals surface area contributed by atoms with Crippen LogP contribution < -0.4 is 14.8 Å². The van der Waals surface area contributed by atoms with E-state index in [-0.39, 0.29) is 5.56 Å². The van der Waals surface area contributed by atoms with E-state index in [0.29, 0.717) is 21.9 Å². The monoisotopic (exact) mass is 381 g/mol. The third-order valence-electron chi connectivity index (χ3n) is 3.83. The van der Waals surface area contributed by atoms with E-state index in [9.17, 15) is 4.79 Å². The first kappa shape index (κ1) is 16.7. The van der Waals surface area contributed by atoms with Gasteiger partial charge in [-0.25, -0.2) is 0 Å². The molecule has 3 aromatic heterocycles. The maximum atomic E-state index is 12.6. The number of thiophene rings is 1. The molecule has 0 atom stereocenters. The lowest BCUT2D eigenvalue weighted by molar-refractivity contribution is 0.363. The number of fused-ring (bicyclic) bond motifs is 1. The van der Waals surface area contributed by atoms with E-state index >= 15 is 0 Å². The van der Waals surface area contributed by atoms with Gasteiger partial charge in [0.25, 0.3) is 5.56 Å². The van der Waals surface area contributed by atoms with E-state index in [1.54, 1.807) is 17.4 Å². The van der Waals surface area contributed by atoms with Gasteiger partial charge in [0.1, 0.15) is 12.4 Å². The quantitative estimate of drug-likeness (QED) is 0.498. The third kappa shape index (κ3) is 3.07. The van der Waals surface area contributed by atoms with Crippen molar-refractivity contribution >= 4 is 33.7 Å². The average molecular weight is 381 g/mol. The van der Waals surface area contributed by atoms with E-state index in [1.165, 1.54) is 15.9 Å². The van der Waals surface area contributed by atoms with Crippen LogP contribution in [0.1, 0.15) is 10.4 Å². The highest BCUT2D eigenvalue weighted by Gasteiger charge is 2.12. The summed E-state index contributed by atoms with van der Waals surface area (Å²) < 4.78 is 7.48. The number of aromatic nitrogens is 3. The molecule has 1 aromatic carbocycles. The molecule has 0 fully saturated rings. The van der Waals surface area contributed by atoms with Crippen LogP contribution in [0.2, 0.25) is 0 Å². The molecule has 0 saturated carbocycles. The molecule has 4 rings (SSSR count). The molecule has 3 heterocycles. The Morgan fingerprint density at radius 3 is 2.73 bits per heavy atom. The zero-order valence-corrected chi connectivity index (χ0v) is 15.6. The lowest BCUT2D eigenvalue weighted by atomic mass is 10.2. The fraction of sp³-hybridized carbons (Fsp3) is 0.105. The Morgan fingerprint density at radius 2 is 2.08 bits per heavy atom. The Kier molecular flexibility index (Phi) is 4.40. The van der Waals surface area contributed by atoms with Crippen molar-refractivity contribution in [3.8, 4) is 17.1 Å². The summed E-state index contributed by atoms with van der Waals surface area (Å²) in [6.45, 7) is 6.12. The molecule has 0 radical (unpaired) electrons. The summed E-state index contributed by atoms with van der Waals surface area (Å²) in [4.78, 5) is 18.8. The van der Waals surface area contributed by atoms with E-state index in [2.05, 4.69) is 16.7 Å². The maximum absolute atomic E-state index is 12.6. The number of rotatable bonds is 5. The van der Waals surface area contributed by atoms with Crippen molar-refractivity contribution in [2.75, 3.05) is 6.61 Å². The van der Waals surface area contributed by atoms with E-state index in [0.717, 1.165) is 21.8 Å². The van der Waals surface area contributed by atoms with Crippen LogP contribution in [0.15, 0.2) is 53.2 Å². The summed E-state index contributed by atoms with van der Waals surface area (Å²) in [5.74, 6) is 1.28. The zero-order chi connectivity index (χ0) is 18.1. The molecular weight excluding hydrogens is 366 g/mol. The molecule has 0 amide bonds. The van der Waals surface area contributed by atoms with Crippen molar-refractivity contribution in [1.29, 1.82) is 0 Å². The fourth-order valence-corrected chi connectivity index (χ4v) is 4.29. The highest BCUT2D eigenvalue weighted by atomic mass is 32.1. The van der Waals surface area contributed by atoms with Crippen molar-refractivity contribution in [1.82, 2.24) is 14.6 Å². The minimum atomic E-state index is -0.137. The zero-order valence-electron chi connectivity index (χ0n) is 14.0. The minimum absolute atomic E-state index is 0.137. The molecule has 0 aliphatic heterocycles. The first-order valence-corrected chi connectivity index (χ1v) is 9.65. The number of hydrogen-bond acceptors (Lipinski definition) is 6. The molecule has 5 nitrogen and oxygen atoms in total. The van der Waals surface area contributed by atoms with Crippen LogP contribution in [0.3, 0.4) is 0 Å². The number of ether oxygens (including phenoxy) is 1. The van der Waals surface area contributed by atoms with Gasteiger partial charge in [-0.1, -0.05) is 24.0 Å². The van der Waals surface area contributed by atoms with Crippen molar-refractivity contribution in [2.45, 2.75) is 6.92 Å². The highest BCUT2D eigenvalue weighted by molar-refractivity contribution is 7.15. The van der Waals surface area contributed by atoms with Crippen LogP contribution in [0, 0.1) is 6.92 Å². The van der Waals surface area contributed by atoms with Gasteiger partial charge >= 0.3 is 0 Å². The van der Waals surface area contributed by atoms with Gasteiger partial charge in [-0.2, -0.15) is 9.50 Å². The minimum Gasteiger partial charge on any atom is -0.490 e. The second kappa shape index (κ2) is 6.86. The molecule has 0 aliphatic rings. The lowest BCUT2D eigenvalue weighted by Crippen LogP contribution is -2.23. The molecule has 130 valence electrons. The highest BCUT2D eigenvalue weighted by Crippen LogP contribution is 2.21. The molecule has 0 saturated heterocycles. The normalized spacial score (nSPS) is 12.0. The van der Waals surface area contributed by atoms with Crippen molar-refractivity contribution < 1.29 is 4.74 Å². The Morgan fingerprint density at radius 1 is 1.27 bits per heavy atom. The molecule has 0 spiro atoms. The van der Waals surface area contributed by atoms with Gasteiger partial charge in [-0.05, 0) is 54.3 Å². The van der Waals surface area contributed by atoms with E-state index < -0.39 is 0 Å². The van der Waals surface area contributed by atoms with Crippen molar-refractivity contribution in [3.63, 3.8) is 0 Å². The van der Waals surface area contributed by atoms with Crippen LogP contribution in [0.4, 0.5) is 0 Å². The SMILES string of the molecule is C=CCOc1ccc(-c2nc3s/c(=C\c4sccc4C)c(=O)n3n2)cc1. The summed E-state index contributed by atoms with van der Waals surface area (Å²) in [5.41, 5.74) is 1.86. The summed E-state index contributed by atoms with van der Waals surface area (Å²) in [6.07, 6.45) is 3.61.